The zero-order valence-electron chi connectivity index (χ0n) is 19.5. The maximum Gasteiger partial charge on any atom is 0.352 e. The van der Waals surface area contributed by atoms with Crippen LogP contribution in [0.15, 0.2) is 93.3 Å². The van der Waals surface area contributed by atoms with Gasteiger partial charge in [-0.2, -0.15) is 0 Å². The Hall–Kier alpha value is -4.31. The van der Waals surface area contributed by atoms with E-state index in [1.165, 1.54) is 22.7 Å². The van der Waals surface area contributed by atoms with Gasteiger partial charge < -0.3 is 19.6 Å². The van der Waals surface area contributed by atoms with Crippen LogP contribution in [0.3, 0.4) is 0 Å². The summed E-state index contributed by atoms with van der Waals surface area (Å²) in [6.45, 7) is 0.138. The molecule has 1 aromatic heterocycles. The molecule has 2 aliphatic rings. The number of hydrogen-bond acceptors (Lipinski definition) is 7. The van der Waals surface area contributed by atoms with E-state index in [4.69, 9.17) is 9.15 Å². The van der Waals surface area contributed by atoms with Gasteiger partial charge in [0.25, 0.3) is 5.91 Å². The average molecular weight is 519 g/mol. The minimum absolute atomic E-state index is 0.0916. The molecule has 3 heterocycles. The number of rotatable bonds is 8. The molecule has 1 fully saturated rings. The molecule has 0 unspecified atom stereocenters. The Bertz CT molecular complexity index is 1500. The second kappa shape index (κ2) is 10.4. The van der Waals surface area contributed by atoms with Crippen molar-refractivity contribution in [2.24, 2.45) is 0 Å². The Labute approximate surface area is 215 Å². The zero-order chi connectivity index (χ0) is 25.9. The Kier molecular flexibility index (Phi) is 6.82. The van der Waals surface area contributed by atoms with Crippen molar-refractivity contribution in [2.75, 3.05) is 12.4 Å². The first-order valence-electron chi connectivity index (χ1n) is 11.5. The van der Waals surface area contributed by atoms with Crippen LogP contribution in [-0.2, 0) is 20.8 Å². The van der Waals surface area contributed by atoms with Crippen molar-refractivity contribution in [3.63, 3.8) is 0 Å². The molecule has 2 aliphatic heterocycles. The predicted molar refractivity (Wildman–Crippen MR) is 137 cm³/mol. The first kappa shape index (κ1) is 24.4. The molecule has 2 N–H and O–H groups in total. The van der Waals surface area contributed by atoms with Crippen LogP contribution in [0.1, 0.15) is 5.56 Å². The van der Waals surface area contributed by atoms with Gasteiger partial charge in [0.15, 0.2) is 0 Å². The maximum absolute atomic E-state index is 12.8. The number of fused-ring (bicyclic) bond motifs is 2. The lowest BCUT2D eigenvalue weighted by Crippen LogP contribution is -2.70. The number of benzene rings is 2. The van der Waals surface area contributed by atoms with Gasteiger partial charge in [-0.25, -0.2) is 9.59 Å². The normalized spacial score (nSPS) is 19.0. The number of carbonyl (C=O) groups is 3. The highest BCUT2D eigenvalue weighted by atomic mass is 32.2. The summed E-state index contributed by atoms with van der Waals surface area (Å²) in [6.07, 6.45) is 3.43. The Morgan fingerprint density at radius 1 is 1.14 bits per heavy atom. The van der Waals surface area contributed by atoms with Crippen LogP contribution in [-0.4, -0.2) is 51.6 Å². The van der Waals surface area contributed by atoms with Crippen LogP contribution in [0.25, 0.3) is 11.0 Å². The number of allylic oxidation sites excluding steroid dienone is 1. The van der Waals surface area contributed by atoms with E-state index < -0.39 is 28.9 Å². The number of carbonyl (C=O) groups excluding carboxylic acids is 2. The van der Waals surface area contributed by atoms with E-state index in [1.54, 1.807) is 36.4 Å². The van der Waals surface area contributed by atoms with Crippen LogP contribution in [0.4, 0.5) is 0 Å². The van der Waals surface area contributed by atoms with Crippen molar-refractivity contribution in [1.29, 1.82) is 0 Å². The third kappa shape index (κ3) is 5.14. The van der Waals surface area contributed by atoms with Gasteiger partial charge in [0.2, 0.25) is 5.91 Å². The number of carboxylic acids is 1. The third-order valence-corrected chi connectivity index (χ3v) is 7.29. The molecule has 5 rings (SSSR count). The van der Waals surface area contributed by atoms with Crippen LogP contribution < -0.4 is 15.7 Å². The number of hydrogen-bond donors (Lipinski definition) is 2. The monoisotopic (exact) mass is 518 g/mol. The summed E-state index contributed by atoms with van der Waals surface area (Å²) in [6, 6.07) is 16.5. The van der Waals surface area contributed by atoms with Crippen LogP contribution in [0, 0.1) is 0 Å². The lowest BCUT2D eigenvalue weighted by atomic mass is 10.0. The fourth-order valence-corrected chi connectivity index (χ4v) is 5.56. The minimum atomic E-state index is -1.21. The van der Waals surface area contributed by atoms with Crippen LogP contribution in [0.5, 0.6) is 5.75 Å². The molecular formula is C27H22N2O7S. The summed E-state index contributed by atoms with van der Waals surface area (Å²) in [5.74, 6) is -1.10. The molecule has 10 heteroatoms. The highest BCUT2D eigenvalue weighted by Gasteiger charge is 2.53. The molecule has 0 aliphatic carbocycles. The van der Waals surface area contributed by atoms with Gasteiger partial charge in [-0.1, -0.05) is 36.4 Å². The highest BCUT2D eigenvalue weighted by Crippen LogP contribution is 2.40. The standard InChI is InChI=1S/C27H22N2O7S/c30-21(13-16-5-2-1-3-6-16)28-23-25(32)29-24(27(33)34)18(15-37-26(23)29)7-4-12-35-19-10-8-17-9-11-22(31)36-20(17)14-19/h1-11,14,23,26H,12-13,15H2,(H,28,30)(H,33,34)/b7-4-/t23-,26-/m1/s1. The van der Waals surface area contributed by atoms with E-state index in [9.17, 15) is 24.3 Å². The first-order chi connectivity index (χ1) is 17.9. The zero-order valence-corrected chi connectivity index (χ0v) is 20.3. The van der Waals surface area contributed by atoms with Gasteiger partial charge in [0.05, 0.1) is 6.42 Å². The van der Waals surface area contributed by atoms with E-state index in [-0.39, 0.29) is 24.6 Å². The molecule has 1 saturated heterocycles. The van der Waals surface area contributed by atoms with E-state index in [2.05, 4.69) is 5.32 Å². The largest absolute Gasteiger partial charge is 0.489 e. The molecule has 2 amide bonds. The van der Waals surface area contributed by atoms with Crippen LogP contribution >= 0.6 is 11.8 Å². The van der Waals surface area contributed by atoms with E-state index in [0.717, 1.165) is 10.9 Å². The van der Waals surface area contributed by atoms with Gasteiger partial charge in [-0.3, -0.25) is 14.5 Å². The van der Waals surface area contributed by atoms with Crippen molar-refractivity contribution in [3.05, 3.63) is 100 Å². The molecule has 188 valence electrons. The lowest BCUT2D eigenvalue weighted by molar-refractivity contribution is -0.150. The quantitative estimate of drug-likeness (QED) is 0.344. The SMILES string of the molecule is O=C(Cc1ccccc1)N[C@@H]1C(=O)N2C(C(=O)O)=C(/C=C\COc3ccc4ccc(=O)oc4c3)CS[C@H]12. The van der Waals surface area contributed by atoms with Crippen molar-refractivity contribution in [3.8, 4) is 5.75 Å². The second-order valence-corrected chi connectivity index (χ2v) is 9.57. The molecule has 0 saturated carbocycles. The van der Waals surface area contributed by atoms with Crippen molar-refractivity contribution >= 4 is 40.5 Å². The Morgan fingerprint density at radius 2 is 1.92 bits per heavy atom. The molecule has 0 bridgehead atoms. The van der Waals surface area contributed by atoms with Crippen LogP contribution in [0.2, 0.25) is 0 Å². The number of aliphatic carboxylic acids is 1. The lowest BCUT2D eigenvalue weighted by Gasteiger charge is -2.49. The molecule has 0 spiro atoms. The molecule has 0 radical (unpaired) electrons. The van der Waals surface area contributed by atoms with E-state index in [1.807, 2.05) is 30.3 Å². The van der Waals surface area contributed by atoms with Gasteiger partial charge in [-0.15, -0.1) is 11.8 Å². The number of thioether (sulfide) groups is 1. The maximum atomic E-state index is 12.8. The summed E-state index contributed by atoms with van der Waals surface area (Å²) < 4.78 is 10.8. The van der Waals surface area contributed by atoms with Gasteiger partial charge in [0.1, 0.15) is 35.1 Å². The number of nitrogens with one attached hydrogen (secondary N) is 1. The molecular weight excluding hydrogens is 496 g/mol. The highest BCUT2D eigenvalue weighted by molar-refractivity contribution is 8.00. The van der Waals surface area contributed by atoms with Crippen molar-refractivity contribution in [2.45, 2.75) is 17.8 Å². The average Bonchev–Trinajstić information content (AvgIpc) is 2.89. The summed E-state index contributed by atoms with van der Waals surface area (Å²) in [7, 11) is 0. The number of nitrogens with zero attached hydrogens (tertiary/aromatic N) is 1. The molecule has 2 aromatic carbocycles. The number of amides is 2. The van der Waals surface area contributed by atoms with Gasteiger partial charge in [-0.05, 0) is 35.4 Å². The third-order valence-electron chi connectivity index (χ3n) is 5.98. The van der Waals surface area contributed by atoms with Gasteiger partial charge in [0, 0.05) is 23.3 Å². The molecule has 37 heavy (non-hydrogen) atoms. The van der Waals surface area contributed by atoms with E-state index >= 15 is 0 Å². The fourth-order valence-electron chi connectivity index (χ4n) is 4.24. The summed E-state index contributed by atoms with van der Waals surface area (Å²) in [5.41, 5.74) is 1.16. The molecule has 3 aromatic rings. The number of carboxylic acid groups (broad SMARTS) is 1. The van der Waals surface area contributed by atoms with E-state index in [0.29, 0.717) is 22.7 Å². The summed E-state index contributed by atoms with van der Waals surface area (Å²) in [5, 5.41) is 12.9. The summed E-state index contributed by atoms with van der Waals surface area (Å²) >= 11 is 1.39. The minimum Gasteiger partial charge on any atom is -0.489 e. The topological polar surface area (TPSA) is 126 Å². The predicted octanol–water partition coefficient (Wildman–Crippen LogP) is 2.71. The van der Waals surface area contributed by atoms with Gasteiger partial charge >= 0.3 is 11.6 Å². The number of β-lactam (4-membered cyclic amide) rings is 1. The Balaban J connectivity index is 1.23. The molecule has 2 atom stereocenters. The van der Waals surface area contributed by atoms with Crippen molar-refractivity contribution in [1.82, 2.24) is 10.2 Å². The second-order valence-electron chi connectivity index (χ2n) is 8.46. The molecule has 9 nitrogen and oxygen atoms in total. The number of ether oxygens (including phenoxy) is 1. The van der Waals surface area contributed by atoms with Crippen molar-refractivity contribution < 1.29 is 28.6 Å². The first-order valence-corrected chi connectivity index (χ1v) is 12.5. The smallest absolute Gasteiger partial charge is 0.352 e. The Morgan fingerprint density at radius 3 is 2.70 bits per heavy atom. The summed E-state index contributed by atoms with van der Waals surface area (Å²) in [4.78, 5) is 49.9. The fraction of sp³-hybridized carbons (Fsp3) is 0.185.